The summed E-state index contributed by atoms with van der Waals surface area (Å²) in [7, 11) is 4.22. The van der Waals surface area contributed by atoms with E-state index < -0.39 is 5.43 Å². The van der Waals surface area contributed by atoms with Crippen molar-refractivity contribution in [2.24, 2.45) is 0 Å². The van der Waals surface area contributed by atoms with Crippen LogP contribution in [0.15, 0.2) is 33.5 Å². The molecule has 0 radical (unpaired) electrons. The maximum absolute atomic E-state index is 12.9. The van der Waals surface area contributed by atoms with E-state index in [1.807, 2.05) is 0 Å². The van der Waals surface area contributed by atoms with Crippen molar-refractivity contribution >= 4 is 11.0 Å². The summed E-state index contributed by atoms with van der Waals surface area (Å²) in [5.41, 5.74) is 0.0346. The molecule has 0 saturated heterocycles. The molecule has 0 unspecified atom stereocenters. The molecule has 0 aliphatic carbocycles. The predicted molar refractivity (Wildman–Crippen MR) is 95.6 cm³/mol. The summed E-state index contributed by atoms with van der Waals surface area (Å²) in [5.74, 6) is 0.000932. The smallest absolute Gasteiger partial charge is 0.239 e. The number of ether oxygens (including phenoxy) is 3. The van der Waals surface area contributed by atoms with Crippen molar-refractivity contribution in [1.82, 2.24) is 0 Å². The Morgan fingerprint density at radius 1 is 0.885 bits per heavy atom. The maximum atomic E-state index is 12.9. The van der Waals surface area contributed by atoms with Crippen LogP contribution in [0.25, 0.3) is 22.3 Å². The van der Waals surface area contributed by atoms with Crippen molar-refractivity contribution in [3.63, 3.8) is 0 Å². The maximum Gasteiger partial charge on any atom is 0.239 e. The lowest BCUT2D eigenvalue weighted by atomic mass is 10.1. The second-order valence-electron chi connectivity index (χ2n) is 5.58. The van der Waals surface area contributed by atoms with Crippen LogP contribution in [-0.2, 0) is 0 Å². The zero-order chi connectivity index (χ0) is 19.0. The summed E-state index contributed by atoms with van der Waals surface area (Å²) in [6.07, 6.45) is 0. The summed E-state index contributed by atoms with van der Waals surface area (Å²) in [6.45, 7) is 1.47. The van der Waals surface area contributed by atoms with E-state index >= 15 is 0 Å². The van der Waals surface area contributed by atoms with E-state index in [0.29, 0.717) is 11.3 Å². The number of hydrogen-bond donors (Lipinski definition) is 2. The molecule has 0 aliphatic rings. The molecule has 136 valence electrons. The van der Waals surface area contributed by atoms with Crippen molar-refractivity contribution in [3.8, 4) is 40.1 Å². The number of hydrogen-bond acceptors (Lipinski definition) is 7. The second kappa shape index (κ2) is 6.51. The van der Waals surface area contributed by atoms with Gasteiger partial charge in [0.25, 0.3) is 0 Å². The highest BCUT2D eigenvalue weighted by Crippen LogP contribution is 2.45. The highest BCUT2D eigenvalue weighted by Gasteiger charge is 2.26. The van der Waals surface area contributed by atoms with E-state index in [4.69, 9.17) is 18.6 Å². The standard InChI is InChI=1S/C19H18O7/c1-9-13(20)12-15(22)19(25-4)16(10-5-7-11(23-2)8-6-10)26-17(12)18(24-3)14(9)21/h5-8,20-21H,1-4H3. The van der Waals surface area contributed by atoms with Crippen LogP contribution in [0.4, 0.5) is 0 Å². The quantitative estimate of drug-likeness (QED) is 0.739. The van der Waals surface area contributed by atoms with Crippen molar-refractivity contribution in [2.45, 2.75) is 6.92 Å². The lowest BCUT2D eigenvalue weighted by Gasteiger charge is -2.15. The first-order valence-corrected chi connectivity index (χ1v) is 7.72. The molecule has 0 saturated carbocycles. The van der Waals surface area contributed by atoms with Gasteiger partial charge in [0.15, 0.2) is 17.1 Å². The largest absolute Gasteiger partial charge is 0.507 e. The highest BCUT2D eigenvalue weighted by atomic mass is 16.5. The van der Waals surface area contributed by atoms with Crippen LogP contribution in [0.5, 0.6) is 28.7 Å². The van der Waals surface area contributed by atoms with Crippen molar-refractivity contribution in [2.75, 3.05) is 21.3 Å². The van der Waals surface area contributed by atoms with Crippen LogP contribution in [0.1, 0.15) is 5.56 Å². The Labute approximate surface area is 149 Å². The Bertz CT molecular complexity index is 1030. The molecule has 0 spiro atoms. The first kappa shape index (κ1) is 17.5. The lowest BCUT2D eigenvalue weighted by Crippen LogP contribution is -2.09. The SMILES string of the molecule is COc1ccc(-c2oc3c(OC)c(O)c(C)c(O)c3c(=O)c2OC)cc1. The molecule has 0 amide bonds. The summed E-state index contributed by atoms with van der Waals surface area (Å²) in [5, 5.41) is 20.5. The number of benzene rings is 2. The Morgan fingerprint density at radius 2 is 1.50 bits per heavy atom. The van der Waals surface area contributed by atoms with Crippen LogP contribution in [0.2, 0.25) is 0 Å². The van der Waals surface area contributed by atoms with Gasteiger partial charge < -0.3 is 28.8 Å². The van der Waals surface area contributed by atoms with Crippen LogP contribution in [0, 0.1) is 6.92 Å². The predicted octanol–water partition coefficient (Wildman–Crippen LogP) is 3.21. The summed E-state index contributed by atoms with van der Waals surface area (Å²) < 4.78 is 21.4. The third-order valence-corrected chi connectivity index (χ3v) is 4.20. The average Bonchev–Trinajstić information content (AvgIpc) is 2.66. The zero-order valence-corrected chi connectivity index (χ0v) is 14.7. The van der Waals surface area contributed by atoms with Crippen LogP contribution in [0.3, 0.4) is 0 Å². The molecule has 2 aromatic carbocycles. The third-order valence-electron chi connectivity index (χ3n) is 4.20. The van der Waals surface area contributed by atoms with E-state index in [1.165, 1.54) is 21.1 Å². The van der Waals surface area contributed by atoms with E-state index in [0.717, 1.165) is 0 Å². The van der Waals surface area contributed by atoms with Gasteiger partial charge in [-0.1, -0.05) is 0 Å². The van der Waals surface area contributed by atoms with Gasteiger partial charge in [-0.2, -0.15) is 0 Å². The topological polar surface area (TPSA) is 98.4 Å². The molecule has 0 atom stereocenters. The van der Waals surface area contributed by atoms with Gasteiger partial charge in [-0.15, -0.1) is 0 Å². The molecule has 3 rings (SSSR count). The molecule has 7 nitrogen and oxygen atoms in total. The number of phenolic OH excluding ortho intramolecular Hbond substituents is 2. The molecule has 0 bridgehead atoms. The lowest BCUT2D eigenvalue weighted by molar-refractivity contribution is 0.361. The van der Waals surface area contributed by atoms with Crippen LogP contribution < -0.4 is 19.6 Å². The van der Waals surface area contributed by atoms with Crippen molar-refractivity contribution in [3.05, 3.63) is 40.1 Å². The van der Waals surface area contributed by atoms with Gasteiger partial charge in [0, 0.05) is 11.1 Å². The number of rotatable bonds is 4. The molecule has 0 fully saturated rings. The number of aromatic hydroxyl groups is 2. The molecule has 2 N–H and O–H groups in total. The van der Waals surface area contributed by atoms with E-state index in [-0.39, 0.29) is 45.3 Å². The Balaban J connectivity index is 2.44. The van der Waals surface area contributed by atoms with Crippen LogP contribution >= 0.6 is 0 Å². The first-order valence-electron chi connectivity index (χ1n) is 7.72. The summed E-state index contributed by atoms with van der Waals surface area (Å²) in [6, 6.07) is 6.82. The van der Waals surface area contributed by atoms with E-state index in [1.54, 1.807) is 31.4 Å². The fourth-order valence-electron chi connectivity index (χ4n) is 2.78. The minimum absolute atomic E-state index is 0.0372. The van der Waals surface area contributed by atoms with Crippen molar-refractivity contribution in [1.29, 1.82) is 0 Å². The minimum Gasteiger partial charge on any atom is -0.507 e. The Kier molecular flexibility index (Phi) is 4.38. The normalized spacial score (nSPS) is 10.8. The fraction of sp³-hybridized carbons (Fsp3) is 0.211. The van der Waals surface area contributed by atoms with Gasteiger partial charge in [-0.3, -0.25) is 4.79 Å². The molecule has 1 aromatic heterocycles. The highest BCUT2D eigenvalue weighted by molar-refractivity contribution is 5.94. The van der Waals surface area contributed by atoms with Gasteiger partial charge in [-0.05, 0) is 31.2 Å². The molecular weight excluding hydrogens is 340 g/mol. The summed E-state index contributed by atoms with van der Waals surface area (Å²) in [4.78, 5) is 12.9. The second-order valence-corrected chi connectivity index (χ2v) is 5.58. The molecule has 26 heavy (non-hydrogen) atoms. The Morgan fingerprint density at radius 3 is 2.04 bits per heavy atom. The van der Waals surface area contributed by atoms with Crippen LogP contribution in [-0.4, -0.2) is 31.5 Å². The molecular formula is C19H18O7. The fourth-order valence-corrected chi connectivity index (χ4v) is 2.78. The van der Waals surface area contributed by atoms with Gasteiger partial charge in [0.1, 0.15) is 16.9 Å². The van der Waals surface area contributed by atoms with Gasteiger partial charge >= 0.3 is 0 Å². The molecule has 3 aromatic rings. The van der Waals surface area contributed by atoms with E-state index in [2.05, 4.69) is 0 Å². The number of methoxy groups -OCH3 is 3. The minimum atomic E-state index is -0.571. The Hall–Kier alpha value is -3.35. The summed E-state index contributed by atoms with van der Waals surface area (Å²) >= 11 is 0. The van der Waals surface area contributed by atoms with Crippen molar-refractivity contribution < 1.29 is 28.8 Å². The average molecular weight is 358 g/mol. The number of phenols is 2. The molecule has 0 aliphatic heterocycles. The van der Waals surface area contributed by atoms with Gasteiger partial charge in [-0.25, -0.2) is 0 Å². The number of fused-ring (bicyclic) bond motifs is 1. The van der Waals surface area contributed by atoms with Gasteiger partial charge in [0.2, 0.25) is 16.9 Å². The molecule has 7 heteroatoms. The monoisotopic (exact) mass is 358 g/mol. The first-order chi connectivity index (χ1) is 12.4. The zero-order valence-electron chi connectivity index (χ0n) is 14.7. The molecule has 1 heterocycles. The van der Waals surface area contributed by atoms with Gasteiger partial charge in [0.05, 0.1) is 21.3 Å². The van der Waals surface area contributed by atoms with E-state index in [9.17, 15) is 15.0 Å². The third kappa shape index (κ3) is 2.48.